The van der Waals surface area contributed by atoms with Crippen LogP contribution in [0.4, 0.5) is 0 Å². The maximum Gasteiger partial charge on any atom is 0.306 e. The lowest BCUT2D eigenvalue weighted by molar-refractivity contribution is -0.161. The number of allylic oxidation sites excluding steroid dienone is 9. The molecule has 49 heavy (non-hydrogen) atoms. The van der Waals surface area contributed by atoms with Gasteiger partial charge in [0.2, 0.25) is 0 Å². The molecule has 282 valence electrons. The Morgan fingerprint density at radius 3 is 1.55 bits per heavy atom. The zero-order chi connectivity index (χ0) is 35.9. The third kappa shape index (κ3) is 36.7. The molecule has 0 aromatic heterocycles. The van der Waals surface area contributed by atoms with Crippen molar-refractivity contribution in [1.82, 2.24) is 0 Å². The summed E-state index contributed by atoms with van der Waals surface area (Å²) in [7, 11) is 0. The number of rotatable bonds is 35. The van der Waals surface area contributed by atoms with Crippen molar-refractivity contribution in [3.05, 3.63) is 60.8 Å². The minimum atomic E-state index is -0.811. The van der Waals surface area contributed by atoms with Crippen LogP contribution in [0.15, 0.2) is 60.8 Å². The van der Waals surface area contributed by atoms with Crippen LogP contribution in [0.3, 0.4) is 0 Å². The monoisotopic (exact) mass is 687 g/mol. The van der Waals surface area contributed by atoms with Crippen LogP contribution in [0.25, 0.3) is 0 Å². The summed E-state index contributed by atoms with van der Waals surface area (Å²) in [6, 6.07) is 0. The summed E-state index contributed by atoms with van der Waals surface area (Å²) in [4.78, 5) is 24.2. The number of hydrogen-bond donors (Lipinski definition) is 2. The van der Waals surface area contributed by atoms with E-state index in [1.807, 2.05) is 19.1 Å². The number of ether oxygens (including phenoxy) is 2. The van der Waals surface area contributed by atoms with Crippen LogP contribution in [-0.2, 0) is 19.1 Å². The molecule has 0 saturated heterocycles. The van der Waals surface area contributed by atoms with Gasteiger partial charge in [0.15, 0.2) is 6.10 Å². The van der Waals surface area contributed by atoms with E-state index in [9.17, 15) is 19.8 Å². The second kappa shape index (κ2) is 38.4. The van der Waals surface area contributed by atoms with Gasteiger partial charge in [0.1, 0.15) is 6.61 Å². The SMILES string of the molecule is CCCCCCCCCCCCCCCCCCCC(=O)OC[C@H](CO)OC(=O)CCC/C=C\C/C=C\C/C=C\C/C=C\C=C\[C@H](O)CC. The van der Waals surface area contributed by atoms with Gasteiger partial charge >= 0.3 is 11.9 Å². The van der Waals surface area contributed by atoms with Crippen molar-refractivity contribution < 1.29 is 29.3 Å². The van der Waals surface area contributed by atoms with Crippen molar-refractivity contribution in [1.29, 1.82) is 0 Å². The molecule has 0 aliphatic rings. The fourth-order valence-corrected chi connectivity index (χ4v) is 5.31. The Bertz CT molecular complexity index is 887. The molecule has 0 saturated carbocycles. The van der Waals surface area contributed by atoms with Crippen LogP contribution in [0.1, 0.15) is 174 Å². The smallest absolute Gasteiger partial charge is 0.306 e. The number of carbonyl (C=O) groups is 2. The second-order valence-electron chi connectivity index (χ2n) is 13.2. The Morgan fingerprint density at radius 2 is 1.04 bits per heavy atom. The zero-order valence-electron chi connectivity index (χ0n) is 31.5. The average molecular weight is 687 g/mol. The highest BCUT2D eigenvalue weighted by Crippen LogP contribution is 2.14. The normalized spacial score (nSPS) is 13.5. The lowest BCUT2D eigenvalue weighted by Crippen LogP contribution is -2.28. The largest absolute Gasteiger partial charge is 0.462 e. The molecule has 0 heterocycles. The van der Waals surface area contributed by atoms with Gasteiger partial charge in [0.05, 0.1) is 12.7 Å². The standard InChI is InChI=1S/C43H74O6/c1-3-5-6-7-8-9-10-11-12-13-14-18-21-24-27-30-33-36-42(46)48-39-41(38-44)49-43(47)37-34-31-28-25-22-19-16-15-17-20-23-26-29-32-35-40(45)4-2/h16-17,19-20,25-26,28-29,32,35,40-41,44-45H,3-15,18,21-24,27,30-31,33-34,36-39H2,1-2H3/b19-16-,20-17-,28-25-,29-26-,35-32+/t40-,41+/m1/s1. The van der Waals surface area contributed by atoms with Crippen LogP contribution in [0, 0.1) is 0 Å². The number of aliphatic hydroxyl groups excluding tert-OH is 2. The van der Waals surface area contributed by atoms with Gasteiger partial charge in [0, 0.05) is 12.8 Å². The van der Waals surface area contributed by atoms with Crippen LogP contribution in [0.2, 0.25) is 0 Å². The minimum Gasteiger partial charge on any atom is -0.462 e. The fraction of sp³-hybridized carbons (Fsp3) is 0.721. The summed E-state index contributed by atoms with van der Waals surface area (Å²) in [5.41, 5.74) is 0. The molecule has 0 aromatic carbocycles. The highest BCUT2D eigenvalue weighted by atomic mass is 16.6. The van der Waals surface area contributed by atoms with Gasteiger partial charge in [-0.3, -0.25) is 9.59 Å². The van der Waals surface area contributed by atoms with E-state index in [-0.39, 0.29) is 37.7 Å². The summed E-state index contributed by atoms with van der Waals surface area (Å²) in [5.74, 6) is -0.677. The summed E-state index contributed by atoms with van der Waals surface area (Å²) in [6.45, 7) is 3.76. The van der Waals surface area contributed by atoms with Gasteiger partial charge in [-0.25, -0.2) is 0 Å². The highest BCUT2D eigenvalue weighted by Gasteiger charge is 2.16. The van der Waals surface area contributed by atoms with E-state index in [1.165, 1.54) is 89.9 Å². The van der Waals surface area contributed by atoms with Crippen molar-refractivity contribution >= 4 is 11.9 Å². The molecule has 0 radical (unpaired) electrons. The predicted molar refractivity (Wildman–Crippen MR) is 206 cm³/mol. The van der Waals surface area contributed by atoms with Gasteiger partial charge in [0.25, 0.3) is 0 Å². The Kier molecular flexibility index (Phi) is 36.5. The molecule has 0 aliphatic carbocycles. The molecular formula is C43H74O6. The van der Waals surface area contributed by atoms with Crippen LogP contribution >= 0.6 is 0 Å². The Hall–Kier alpha value is -2.44. The van der Waals surface area contributed by atoms with Crippen molar-refractivity contribution in [2.45, 2.75) is 187 Å². The Balaban J connectivity index is 3.67. The second-order valence-corrected chi connectivity index (χ2v) is 13.2. The molecule has 0 fully saturated rings. The minimum absolute atomic E-state index is 0.0977. The van der Waals surface area contributed by atoms with Crippen LogP contribution in [-0.4, -0.2) is 47.6 Å². The third-order valence-electron chi connectivity index (χ3n) is 8.48. The molecule has 0 bridgehead atoms. The van der Waals surface area contributed by atoms with E-state index in [4.69, 9.17) is 9.47 Å². The first-order valence-corrected chi connectivity index (χ1v) is 20.0. The maximum absolute atomic E-state index is 12.1. The molecular weight excluding hydrogens is 612 g/mol. The topological polar surface area (TPSA) is 93.1 Å². The fourth-order valence-electron chi connectivity index (χ4n) is 5.31. The molecule has 0 aliphatic heterocycles. The van der Waals surface area contributed by atoms with Gasteiger partial charge in [-0.15, -0.1) is 0 Å². The van der Waals surface area contributed by atoms with Crippen molar-refractivity contribution in [3.8, 4) is 0 Å². The predicted octanol–water partition coefficient (Wildman–Crippen LogP) is 11.4. The number of aliphatic hydroxyl groups is 2. The Labute approximate surface area is 301 Å². The molecule has 0 aromatic rings. The average Bonchev–Trinajstić information content (AvgIpc) is 3.10. The van der Waals surface area contributed by atoms with E-state index < -0.39 is 6.10 Å². The quantitative estimate of drug-likeness (QED) is 0.0298. The van der Waals surface area contributed by atoms with E-state index in [2.05, 4.69) is 49.5 Å². The lowest BCUT2D eigenvalue weighted by atomic mass is 10.0. The number of hydrogen-bond acceptors (Lipinski definition) is 6. The van der Waals surface area contributed by atoms with E-state index >= 15 is 0 Å². The van der Waals surface area contributed by atoms with Gasteiger partial charge < -0.3 is 19.7 Å². The lowest BCUT2D eigenvalue weighted by Gasteiger charge is -2.15. The first-order valence-electron chi connectivity index (χ1n) is 20.0. The van der Waals surface area contributed by atoms with Crippen molar-refractivity contribution in [3.63, 3.8) is 0 Å². The summed E-state index contributed by atoms with van der Waals surface area (Å²) in [5, 5.41) is 19.0. The van der Waals surface area contributed by atoms with Crippen molar-refractivity contribution in [2.75, 3.05) is 13.2 Å². The summed E-state index contributed by atoms with van der Waals surface area (Å²) in [6.07, 6.45) is 46.6. The first-order chi connectivity index (χ1) is 24.0. The third-order valence-corrected chi connectivity index (χ3v) is 8.48. The molecule has 0 unspecified atom stereocenters. The molecule has 2 atom stereocenters. The van der Waals surface area contributed by atoms with E-state index in [1.54, 1.807) is 6.08 Å². The summed E-state index contributed by atoms with van der Waals surface area (Å²) >= 11 is 0. The molecule has 6 heteroatoms. The van der Waals surface area contributed by atoms with Gasteiger partial charge in [-0.2, -0.15) is 0 Å². The molecule has 0 rings (SSSR count). The molecule has 6 nitrogen and oxygen atoms in total. The summed E-state index contributed by atoms with van der Waals surface area (Å²) < 4.78 is 10.6. The van der Waals surface area contributed by atoms with Gasteiger partial charge in [-0.05, 0) is 44.9 Å². The van der Waals surface area contributed by atoms with E-state index in [0.29, 0.717) is 12.8 Å². The number of carbonyl (C=O) groups excluding carboxylic acids is 2. The molecule has 2 N–H and O–H groups in total. The Morgan fingerprint density at radius 1 is 0.571 bits per heavy atom. The molecule has 0 amide bonds. The maximum atomic E-state index is 12.1. The number of unbranched alkanes of at least 4 members (excludes halogenated alkanes) is 17. The highest BCUT2D eigenvalue weighted by molar-refractivity contribution is 5.70. The molecule has 0 spiro atoms. The van der Waals surface area contributed by atoms with E-state index in [0.717, 1.165) is 51.4 Å². The number of esters is 2. The first kappa shape index (κ1) is 46.6. The van der Waals surface area contributed by atoms with Crippen molar-refractivity contribution in [2.24, 2.45) is 0 Å². The van der Waals surface area contributed by atoms with Crippen LogP contribution in [0.5, 0.6) is 0 Å². The zero-order valence-corrected chi connectivity index (χ0v) is 31.5. The van der Waals surface area contributed by atoms with Gasteiger partial charge in [-0.1, -0.05) is 177 Å². The van der Waals surface area contributed by atoms with Crippen LogP contribution < -0.4 is 0 Å².